The fraction of sp³-hybridized carbons (Fsp3) is 0.217. The number of aromatic nitrogens is 2. The van der Waals surface area contributed by atoms with Crippen LogP contribution in [0.4, 0.5) is 0 Å². The zero-order valence-corrected chi connectivity index (χ0v) is 20.5. The van der Waals surface area contributed by atoms with Gasteiger partial charge in [-0.2, -0.15) is 0 Å². The van der Waals surface area contributed by atoms with Gasteiger partial charge in [0.15, 0.2) is 18.1 Å². The molecule has 2 aromatic carbocycles. The van der Waals surface area contributed by atoms with Crippen molar-refractivity contribution in [1.82, 2.24) is 10.2 Å². The van der Waals surface area contributed by atoms with E-state index in [2.05, 4.69) is 10.2 Å². The summed E-state index contributed by atoms with van der Waals surface area (Å²) in [6, 6.07) is 9.66. The van der Waals surface area contributed by atoms with Crippen LogP contribution in [-0.2, 0) is 14.3 Å². The second-order valence-electron chi connectivity index (χ2n) is 6.64. The topological polar surface area (TPSA) is 130 Å². The number of halogens is 1. The van der Waals surface area contributed by atoms with E-state index in [1.807, 2.05) is 0 Å². The van der Waals surface area contributed by atoms with E-state index in [9.17, 15) is 14.7 Å². The molecular formula is C23H21ClN2O8S. The second kappa shape index (κ2) is 12.1. The van der Waals surface area contributed by atoms with Gasteiger partial charge in [0.2, 0.25) is 0 Å². The van der Waals surface area contributed by atoms with E-state index in [1.165, 1.54) is 20.3 Å². The predicted molar refractivity (Wildman–Crippen MR) is 128 cm³/mol. The van der Waals surface area contributed by atoms with Gasteiger partial charge in [-0.15, -0.1) is 10.2 Å². The zero-order chi connectivity index (χ0) is 25.4. The van der Waals surface area contributed by atoms with Crippen molar-refractivity contribution in [3.05, 3.63) is 51.9 Å². The van der Waals surface area contributed by atoms with Crippen LogP contribution in [0, 0.1) is 0 Å². The highest BCUT2D eigenvalue weighted by Gasteiger charge is 2.19. The lowest BCUT2D eigenvalue weighted by Gasteiger charge is -2.11. The fourth-order valence-electron chi connectivity index (χ4n) is 2.82. The third-order valence-electron chi connectivity index (χ3n) is 4.34. The minimum absolute atomic E-state index is 0.0111. The third-order valence-corrected chi connectivity index (χ3v) is 5.43. The number of methoxy groups -OCH3 is 2. The van der Waals surface area contributed by atoms with Crippen molar-refractivity contribution in [2.24, 2.45) is 0 Å². The molecule has 0 amide bonds. The molecule has 1 aromatic heterocycles. The Balaban J connectivity index is 1.81. The number of aliphatic carboxylic acids is 1. The van der Waals surface area contributed by atoms with Crippen molar-refractivity contribution in [3.8, 4) is 28.7 Å². The Morgan fingerprint density at radius 2 is 1.83 bits per heavy atom. The standard InChI is InChI=1S/C23H21ClN2O8S/c1-4-32-20(27)12-33-17-7-5-13(9-18(17)31-3)10-19(22(28)29)35-23-26-25-21(34-23)15-11-14(24)6-8-16(15)30-2/h5-11H,4,12H2,1-3H3,(H,28,29)/b19-10-. The number of ether oxygens (including phenoxy) is 4. The summed E-state index contributed by atoms with van der Waals surface area (Å²) in [5, 5.41) is 18.0. The Bertz CT molecular complexity index is 1240. The van der Waals surface area contributed by atoms with Gasteiger partial charge in [-0.3, -0.25) is 0 Å². The predicted octanol–water partition coefficient (Wildman–Crippen LogP) is 4.57. The molecule has 0 atom stereocenters. The Morgan fingerprint density at radius 3 is 2.51 bits per heavy atom. The first kappa shape index (κ1) is 25.9. The van der Waals surface area contributed by atoms with Crippen molar-refractivity contribution in [2.75, 3.05) is 27.4 Å². The molecule has 10 nitrogen and oxygen atoms in total. The maximum Gasteiger partial charge on any atom is 0.344 e. The molecule has 0 unspecified atom stereocenters. The van der Waals surface area contributed by atoms with Crippen LogP contribution in [0.15, 0.2) is 50.9 Å². The largest absolute Gasteiger partial charge is 0.496 e. The molecule has 184 valence electrons. The quantitative estimate of drug-likeness (QED) is 0.217. The lowest BCUT2D eigenvalue weighted by Crippen LogP contribution is -2.14. The summed E-state index contributed by atoms with van der Waals surface area (Å²) < 4.78 is 26.5. The maximum atomic E-state index is 11.9. The van der Waals surface area contributed by atoms with E-state index in [1.54, 1.807) is 43.3 Å². The van der Waals surface area contributed by atoms with Crippen LogP contribution in [0.5, 0.6) is 17.2 Å². The van der Waals surface area contributed by atoms with E-state index >= 15 is 0 Å². The maximum absolute atomic E-state index is 11.9. The van der Waals surface area contributed by atoms with Crippen LogP contribution < -0.4 is 14.2 Å². The lowest BCUT2D eigenvalue weighted by atomic mass is 10.2. The number of carbonyl (C=O) groups is 2. The van der Waals surface area contributed by atoms with Crippen LogP contribution in [-0.4, -0.2) is 54.7 Å². The summed E-state index contributed by atoms with van der Waals surface area (Å²) >= 11 is 6.83. The normalized spacial score (nSPS) is 11.1. The van der Waals surface area contributed by atoms with Crippen LogP contribution in [0.25, 0.3) is 17.5 Å². The highest BCUT2D eigenvalue weighted by atomic mass is 35.5. The minimum Gasteiger partial charge on any atom is -0.496 e. The minimum atomic E-state index is -1.20. The van der Waals surface area contributed by atoms with Gasteiger partial charge in [-0.25, -0.2) is 9.59 Å². The third kappa shape index (κ3) is 6.90. The fourth-order valence-corrected chi connectivity index (χ4v) is 3.66. The molecule has 1 N–H and O–H groups in total. The SMILES string of the molecule is CCOC(=O)COc1ccc(/C=C(\Sc2nnc(-c3cc(Cl)ccc3OC)o2)C(=O)O)cc1OC. The number of carboxylic acids is 1. The number of hydrogen-bond acceptors (Lipinski definition) is 10. The molecule has 1 heterocycles. The van der Waals surface area contributed by atoms with Gasteiger partial charge in [0, 0.05) is 5.02 Å². The van der Waals surface area contributed by atoms with Crippen LogP contribution in [0.3, 0.4) is 0 Å². The average Bonchev–Trinajstić information content (AvgIpc) is 3.31. The molecule has 0 aliphatic carbocycles. The van der Waals surface area contributed by atoms with Crippen molar-refractivity contribution in [1.29, 1.82) is 0 Å². The number of esters is 1. The van der Waals surface area contributed by atoms with Gasteiger partial charge in [0.25, 0.3) is 11.1 Å². The summed E-state index contributed by atoms with van der Waals surface area (Å²) in [6.45, 7) is 1.65. The number of hydrogen-bond donors (Lipinski definition) is 1. The molecule has 0 bridgehead atoms. The van der Waals surface area contributed by atoms with Gasteiger partial charge in [-0.1, -0.05) is 17.7 Å². The lowest BCUT2D eigenvalue weighted by molar-refractivity contribution is -0.145. The van der Waals surface area contributed by atoms with Crippen LogP contribution >= 0.6 is 23.4 Å². The number of rotatable bonds is 11. The van der Waals surface area contributed by atoms with E-state index in [0.717, 1.165) is 11.8 Å². The number of benzene rings is 2. The Kier molecular flexibility index (Phi) is 8.98. The van der Waals surface area contributed by atoms with Gasteiger partial charge < -0.3 is 28.5 Å². The molecule has 0 saturated heterocycles. The summed E-state index contributed by atoms with van der Waals surface area (Å²) in [4.78, 5) is 23.3. The van der Waals surface area contributed by atoms with Crippen LogP contribution in [0.2, 0.25) is 5.02 Å². The molecule has 0 saturated carbocycles. The number of thioether (sulfide) groups is 1. The smallest absolute Gasteiger partial charge is 0.344 e. The van der Waals surface area contributed by atoms with E-state index < -0.39 is 11.9 Å². The van der Waals surface area contributed by atoms with Crippen LogP contribution in [0.1, 0.15) is 12.5 Å². The zero-order valence-electron chi connectivity index (χ0n) is 18.9. The van der Waals surface area contributed by atoms with E-state index in [-0.39, 0.29) is 29.2 Å². The summed E-state index contributed by atoms with van der Waals surface area (Å²) in [7, 11) is 2.92. The second-order valence-corrected chi connectivity index (χ2v) is 8.07. The molecule has 35 heavy (non-hydrogen) atoms. The summed E-state index contributed by atoms with van der Waals surface area (Å²) in [5.74, 6) is -0.499. The first-order chi connectivity index (χ1) is 16.8. The van der Waals surface area contributed by atoms with Crippen molar-refractivity contribution < 1.29 is 38.1 Å². The van der Waals surface area contributed by atoms with Gasteiger partial charge >= 0.3 is 11.9 Å². The first-order valence-corrected chi connectivity index (χ1v) is 11.3. The van der Waals surface area contributed by atoms with E-state index in [4.69, 9.17) is 35.0 Å². The first-order valence-electron chi connectivity index (χ1n) is 10.1. The number of carboxylic acid groups (broad SMARTS) is 1. The average molecular weight is 521 g/mol. The molecule has 0 aliphatic rings. The Hall–Kier alpha value is -3.70. The van der Waals surface area contributed by atoms with E-state index in [0.29, 0.717) is 33.4 Å². The van der Waals surface area contributed by atoms with Crippen molar-refractivity contribution in [2.45, 2.75) is 12.1 Å². The van der Waals surface area contributed by atoms with Gasteiger partial charge in [0.1, 0.15) is 10.7 Å². The monoisotopic (exact) mass is 520 g/mol. The molecule has 12 heteroatoms. The number of nitrogens with zero attached hydrogens (tertiary/aromatic N) is 2. The molecule has 0 radical (unpaired) electrons. The number of carbonyl (C=O) groups excluding carboxylic acids is 1. The highest BCUT2D eigenvalue weighted by molar-refractivity contribution is 8.03. The molecular weight excluding hydrogens is 500 g/mol. The molecule has 0 spiro atoms. The van der Waals surface area contributed by atoms with Crippen molar-refractivity contribution >= 4 is 41.4 Å². The summed E-state index contributed by atoms with van der Waals surface area (Å²) in [6.07, 6.45) is 1.41. The van der Waals surface area contributed by atoms with Crippen molar-refractivity contribution in [3.63, 3.8) is 0 Å². The Morgan fingerprint density at radius 1 is 1.09 bits per heavy atom. The molecule has 3 rings (SSSR count). The summed E-state index contributed by atoms with van der Waals surface area (Å²) in [5.41, 5.74) is 0.981. The molecule has 0 fully saturated rings. The molecule has 3 aromatic rings. The Labute approximate surface area is 209 Å². The van der Waals surface area contributed by atoms with Gasteiger partial charge in [-0.05, 0) is 60.7 Å². The van der Waals surface area contributed by atoms with Gasteiger partial charge in [0.05, 0.1) is 26.4 Å². The highest BCUT2D eigenvalue weighted by Crippen LogP contribution is 2.36. The molecule has 0 aliphatic heterocycles.